The largest absolute Gasteiger partial charge is 0.480 e. The maximum atomic E-state index is 11.8. The number of hydrogen-bond acceptors (Lipinski definition) is 4. The summed E-state index contributed by atoms with van der Waals surface area (Å²) in [5.74, 6) is -2.69. The first-order chi connectivity index (χ1) is 7.17. The number of aliphatic carboxylic acids is 1. The van der Waals surface area contributed by atoms with Crippen molar-refractivity contribution in [2.24, 2.45) is 11.7 Å². The average molecular weight is 227 g/mol. The molecule has 0 bridgehead atoms. The fourth-order valence-corrected chi connectivity index (χ4v) is 1.57. The van der Waals surface area contributed by atoms with E-state index < -0.39 is 29.0 Å². The highest BCUT2D eigenvalue weighted by Crippen LogP contribution is 2.30. The van der Waals surface area contributed by atoms with Gasteiger partial charge in [0, 0.05) is 0 Å². The van der Waals surface area contributed by atoms with Gasteiger partial charge in [-0.2, -0.15) is 0 Å². The van der Waals surface area contributed by atoms with Crippen LogP contribution in [0.4, 0.5) is 0 Å². The molecule has 1 rings (SSSR count). The minimum Gasteiger partial charge on any atom is -0.480 e. The zero-order valence-corrected chi connectivity index (χ0v) is 9.69. The predicted octanol–water partition coefficient (Wildman–Crippen LogP) is 0.686. The Morgan fingerprint density at radius 2 is 2.06 bits per heavy atom. The van der Waals surface area contributed by atoms with E-state index in [-0.39, 0.29) is 6.42 Å². The molecule has 0 saturated heterocycles. The van der Waals surface area contributed by atoms with Crippen molar-refractivity contribution in [3.05, 3.63) is 12.2 Å². The molecule has 0 saturated carbocycles. The third kappa shape index (κ3) is 2.41. The molecule has 16 heavy (non-hydrogen) atoms. The molecule has 0 aromatic carbocycles. The summed E-state index contributed by atoms with van der Waals surface area (Å²) in [7, 11) is 0. The summed E-state index contributed by atoms with van der Waals surface area (Å²) in [6.45, 7) is 5.17. The normalized spacial score (nSPS) is 29.1. The minimum atomic E-state index is -1.57. The highest BCUT2D eigenvalue weighted by Gasteiger charge is 2.48. The smallest absolute Gasteiger partial charge is 0.325 e. The first-order valence-corrected chi connectivity index (χ1v) is 5.08. The standard InChI is InChI=1S/C11H17NO4/c1-10(2,3)16-8(13)7-5-4-6-11(7,12)9(14)15/h4-5,7H,6,12H2,1-3H3,(H,14,15). The number of nitrogens with two attached hydrogens (primary N) is 1. The second-order valence-corrected chi connectivity index (χ2v) is 4.99. The number of carbonyl (C=O) groups excluding carboxylic acids is 1. The number of rotatable bonds is 2. The van der Waals surface area contributed by atoms with Crippen LogP contribution in [0.1, 0.15) is 27.2 Å². The molecule has 0 aromatic rings. The zero-order chi connectivity index (χ0) is 12.6. The number of ether oxygens (including phenoxy) is 1. The van der Waals surface area contributed by atoms with Crippen LogP contribution in [0.5, 0.6) is 0 Å². The van der Waals surface area contributed by atoms with Crippen molar-refractivity contribution in [1.29, 1.82) is 0 Å². The quantitative estimate of drug-likeness (QED) is 0.535. The van der Waals surface area contributed by atoms with Crippen LogP contribution in [0.3, 0.4) is 0 Å². The summed E-state index contributed by atoms with van der Waals surface area (Å²) in [5, 5.41) is 9.02. The van der Waals surface area contributed by atoms with Crippen LogP contribution >= 0.6 is 0 Å². The Morgan fingerprint density at radius 3 is 2.50 bits per heavy atom. The van der Waals surface area contributed by atoms with Crippen LogP contribution in [0.2, 0.25) is 0 Å². The number of carboxylic acids is 1. The lowest BCUT2D eigenvalue weighted by Gasteiger charge is -2.28. The molecule has 2 atom stereocenters. The second-order valence-electron chi connectivity index (χ2n) is 4.99. The van der Waals surface area contributed by atoms with Crippen molar-refractivity contribution < 1.29 is 19.4 Å². The van der Waals surface area contributed by atoms with Crippen LogP contribution in [0.25, 0.3) is 0 Å². The molecular weight excluding hydrogens is 210 g/mol. The van der Waals surface area contributed by atoms with Gasteiger partial charge in [0.15, 0.2) is 0 Å². The van der Waals surface area contributed by atoms with E-state index in [9.17, 15) is 9.59 Å². The van der Waals surface area contributed by atoms with Gasteiger partial charge < -0.3 is 15.6 Å². The predicted molar refractivity (Wildman–Crippen MR) is 57.6 cm³/mol. The van der Waals surface area contributed by atoms with Gasteiger partial charge in [-0.25, -0.2) is 0 Å². The third-order valence-electron chi connectivity index (χ3n) is 2.40. The lowest BCUT2D eigenvalue weighted by Crippen LogP contribution is -2.54. The number of carboxylic acid groups (broad SMARTS) is 1. The van der Waals surface area contributed by atoms with E-state index in [2.05, 4.69) is 0 Å². The van der Waals surface area contributed by atoms with Gasteiger partial charge in [-0.1, -0.05) is 12.2 Å². The van der Waals surface area contributed by atoms with Gasteiger partial charge in [0.2, 0.25) is 0 Å². The maximum Gasteiger partial charge on any atom is 0.325 e. The Labute approximate surface area is 94.3 Å². The van der Waals surface area contributed by atoms with Crippen LogP contribution in [0, 0.1) is 5.92 Å². The van der Waals surface area contributed by atoms with Gasteiger partial charge in [-0.15, -0.1) is 0 Å². The second kappa shape index (κ2) is 3.90. The molecule has 3 N–H and O–H groups in total. The van der Waals surface area contributed by atoms with E-state index in [0.29, 0.717) is 0 Å². The topological polar surface area (TPSA) is 89.6 Å². The minimum absolute atomic E-state index is 0.145. The molecule has 0 aliphatic heterocycles. The van der Waals surface area contributed by atoms with Crippen molar-refractivity contribution >= 4 is 11.9 Å². The van der Waals surface area contributed by atoms with Crippen LogP contribution < -0.4 is 5.73 Å². The van der Waals surface area contributed by atoms with Crippen LogP contribution in [0.15, 0.2) is 12.2 Å². The fraction of sp³-hybridized carbons (Fsp3) is 0.636. The van der Waals surface area contributed by atoms with E-state index in [1.54, 1.807) is 26.8 Å². The molecular formula is C11H17NO4. The van der Waals surface area contributed by atoms with E-state index in [1.807, 2.05) is 0 Å². The number of carbonyl (C=O) groups is 2. The Bertz CT molecular complexity index is 342. The lowest BCUT2D eigenvalue weighted by molar-refractivity contribution is -0.164. The average Bonchev–Trinajstić information content (AvgIpc) is 2.45. The van der Waals surface area contributed by atoms with Crippen LogP contribution in [-0.2, 0) is 14.3 Å². The molecule has 2 unspecified atom stereocenters. The monoisotopic (exact) mass is 227 g/mol. The molecule has 0 spiro atoms. The van der Waals surface area contributed by atoms with Gasteiger partial charge in [-0.3, -0.25) is 9.59 Å². The summed E-state index contributed by atoms with van der Waals surface area (Å²) in [6.07, 6.45) is 3.25. The van der Waals surface area contributed by atoms with Crippen molar-refractivity contribution in [2.75, 3.05) is 0 Å². The van der Waals surface area contributed by atoms with Gasteiger partial charge in [-0.05, 0) is 27.2 Å². The molecule has 0 radical (unpaired) electrons. The van der Waals surface area contributed by atoms with E-state index in [0.717, 1.165) is 0 Å². The van der Waals surface area contributed by atoms with Crippen LogP contribution in [-0.4, -0.2) is 28.2 Å². The highest BCUT2D eigenvalue weighted by atomic mass is 16.6. The Balaban J connectivity index is 2.84. The Kier molecular flexibility index (Phi) is 3.10. The summed E-state index contributed by atoms with van der Waals surface area (Å²) < 4.78 is 5.13. The number of esters is 1. The van der Waals surface area contributed by atoms with Gasteiger partial charge >= 0.3 is 11.9 Å². The molecule has 0 aromatic heterocycles. The molecule has 90 valence electrons. The summed E-state index contributed by atoms with van der Waals surface area (Å²) in [4.78, 5) is 22.8. The van der Waals surface area contributed by atoms with E-state index in [1.165, 1.54) is 6.08 Å². The van der Waals surface area contributed by atoms with E-state index in [4.69, 9.17) is 15.6 Å². The summed E-state index contributed by atoms with van der Waals surface area (Å²) in [6, 6.07) is 0. The van der Waals surface area contributed by atoms with Gasteiger partial charge in [0.25, 0.3) is 0 Å². The summed E-state index contributed by atoms with van der Waals surface area (Å²) in [5.41, 5.74) is 3.49. The van der Waals surface area contributed by atoms with Gasteiger partial charge in [0.1, 0.15) is 17.1 Å². The van der Waals surface area contributed by atoms with Crippen molar-refractivity contribution in [3.63, 3.8) is 0 Å². The molecule has 0 fully saturated rings. The van der Waals surface area contributed by atoms with E-state index >= 15 is 0 Å². The molecule has 0 amide bonds. The molecule has 0 heterocycles. The third-order valence-corrected chi connectivity index (χ3v) is 2.40. The highest BCUT2D eigenvalue weighted by molar-refractivity contribution is 5.90. The van der Waals surface area contributed by atoms with Crippen molar-refractivity contribution in [2.45, 2.75) is 38.3 Å². The zero-order valence-electron chi connectivity index (χ0n) is 9.69. The fourth-order valence-electron chi connectivity index (χ4n) is 1.57. The summed E-state index contributed by atoms with van der Waals surface area (Å²) >= 11 is 0. The lowest BCUT2D eigenvalue weighted by atomic mass is 9.87. The molecule has 1 aliphatic carbocycles. The Hall–Kier alpha value is -1.36. The first kappa shape index (κ1) is 12.7. The molecule has 5 heteroatoms. The SMILES string of the molecule is CC(C)(C)OC(=O)C1C=CCC1(N)C(=O)O. The Morgan fingerprint density at radius 1 is 1.50 bits per heavy atom. The molecule has 5 nitrogen and oxygen atoms in total. The van der Waals surface area contributed by atoms with Gasteiger partial charge in [0.05, 0.1) is 0 Å². The van der Waals surface area contributed by atoms with Crippen molar-refractivity contribution in [1.82, 2.24) is 0 Å². The first-order valence-electron chi connectivity index (χ1n) is 5.08. The van der Waals surface area contributed by atoms with Crippen molar-refractivity contribution in [3.8, 4) is 0 Å². The maximum absolute atomic E-state index is 11.8. The number of hydrogen-bond donors (Lipinski definition) is 2. The molecule has 1 aliphatic rings.